The Morgan fingerprint density at radius 1 is 1.12 bits per heavy atom. The second-order valence-electron chi connectivity index (χ2n) is 5.97. The van der Waals surface area contributed by atoms with E-state index in [-0.39, 0.29) is 11.7 Å². The third-order valence-corrected chi connectivity index (χ3v) is 4.98. The highest BCUT2D eigenvalue weighted by atomic mass is 127. The van der Waals surface area contributed by atoms with E-state index in [0.29, 0.717) is 17.7 Å². The van der Waals surface area contributed by atoms with E-state index in [2.05, 4.69) is 22.6 Å². The van der Waals surface area contributed by atoms with Gasteiger partial charge < -0.3 is 4.74 Å². The Balaban J connectivity index is 2.23. The predicted octanol–water partition coefficient (Wildman–Crippen LogP) is 4.38. The molecule has 0 aliphatic carbocycles. The smallest absolute Gasteiger partial charge is 0.262 e. The Kier molecular flexibility index (Phi) is 4.94. The van der Waals surface area contributed by atoms with Crippen LogP contribution in [0.5, 0.6) is 5.75 Å². The predicted molar refractivity (Wildman–Crippen MR) is 106 cm³/mol. The minimum absolute atomic E-state index is 0.0617. The highest BCUT2D eigenvalue weighted by molar-refractivity contribution is 14.1. The molecule has 0 bridgehead atoms. The van der Waals surface area contributed by atoms with Gasteiger partial charge >= 0.3 is 0 Å². The zero-order valence-corrected chi connectivity index (χ0v) is 16.5. The Morgan fingerprint density at radius 2 is 1.80 bits per heavy atom. The van der Waals surface area contributed by atoms with E-state index in [1.807, 2.05) is 49.4 Å². The number of carbonyl (C=O) groups is 2. The SMILES string of the molecule is COc1ccc2c(c1)c(CC(C)=O)c(C)n2C(=O)c1ccc(I)cc1. The third kappa shape index (κ3) is 3.33. The summed E-state index contributed by atoms with van der Waals surface area (Å²) in [5.41, 5.74) is 3.07. The van der Waals surface area contributed by atoms with Gasteiger partial charge in [0.15, 0.2) is 0 Å². The highest BCUT2D eigenvalue weighted by Crippen LogP contribution is 2.30. The van der Waals surface area contributed by atoms with E-state index in [4.69, 9.17) is 4.74 Å². The highest BCUT2D eigenvalue weighted by Gasteiger charge is 2.21. The van der Waals surface area contributed by atoms with Crippen molar-refractivity contribution in [2.45, 2.75) is 20.3 Å². The lowest BCUT2D eigenvalue weighted by atomic mass is 10.1. The maximum absolute atomic E-state index is 13.1. The topological polar surface area (TPSA) is 48.3 Å². The number of fused-ring (bicyclic) bond motifs is 1. The van der Waals surface area contributed by atoms with Gasteiger partial charge in [-0.1, -0.05) is 0 Å². The number of halogens is 1. The van der Waals surface area contributed by atoms with E-state index in [1.165, 1.54) is 0 Å². The van der Waals surface area contributed by atoms with Gasteiger partial charge in [-0.15, -0.1) is 0 Å². The first-order chi connectivity index (χ1) is 11.9. The third-order valence-electron chi connectivity index (χ3n) is 4.26. The molecule has 3 aromatic rings. The number of ketones is 1. The Morgan fingerprint density at radius 3 is 2.40 bits per heavy atom. The fraction of sp³-hybridized carbons (Fsp3) is 0.200. The fourth-order valence-corrected chi connectivity index (χ4v) is 3.40. The number of benzene rings is 2. The summed E-state index contributed by atoms with van der Waals surface area (Å²) in [6, 6.07) is 13.1. The number of methoxy groups -OCH3 is 1. The molecule has 0 saturated carbocycles. The number of Topliss-reactive ketones (excluding diaryl/α,β-unsaturated/α-hetero) is 1. The van der Waals surface area contributed by atoms with Gasteiger partial charge in [-0.25, -0.2) is 0 Å². The summed E-state index contributed by atoms with van der Waals surface area (Å²) in [7, 11) is 1.60. The van der Waals surface area contributed by atoms with Crippen molar-refractivity contribution in [2.24, 2.45) is 0 Å². The Labute approximate surface area is 159 Å². The molecule has 0 radical (unpaired) electrons. The minimum atomic E-state index is -0.0983. The molecule has 2 aromatic carbocycles. The maximum Gasteiger partial charge on any atom is 0.262 e. The number of rotatable bonds is 4. The van der Waals surface area contributed by atoms with Gasteiger partial charge in [-0.05, 0) is 84.5 Å². The summed E-state index contributed by atoms with van der Waals surface area (Å²) in [6.45, 7) is 3.44. The number of hydrogen-bond donors (Lipinski definition) is 0. The molecule has 0 amide bonds. The lowest BCUT2D eigenvalue weighted by Gasteiger charge is -2.08. The summed E-state index contributed by atoms with van der Waals surface area (Å²) in [5, 5.41) is 0.880. The number of hydrogen-bond acceptors (Lipinski definition) is 3. The first-order valence-corrected chi connectivity index (χ1v) is 8.98. The van der Waals surface area contributed by atoms with Crippen LogP contribution >= 0.6 is 22.6 Å². The Bertz CT molecular complexity index is 971. The number of carbonyl (C=O) groups excluding carboxylic acids is 2. The number of nitrogens with zero attached hydrogens (tertiary/aromatic N) is 1. The molecular weight excluding hydrogens is 429 g/mol. The second-order valence-corrected chi connectivity index (χ2v) is 7.22. The maximum atomic E-state index is 13.1. The zero-order valence-electron chi connectivity index (χ0n) is 14.3. The van der Waals surface area contributed by atoms with Crippen LogP contribution in [0.3, 0.4) is 0 Å². The number of aromatic nitrogens is 1. The number of ether oxygens (including phenoxy) is 1. The molecule has 128 valence electrons. The average molecular weight is 447 g/mol. The van der Waals surface area contributed by atoms with Crippen molar-refractivity contribution >= 4 is 45.2 Å². The fourth-order valence-electron chi connectivity index (χ4n) is 3.04. The molecule has 0 fully saturated rings. The first kappa shape index (κ1) is 17.7. The van der Waals surface area contributed by atoms with Crippen LogP contribution in [-0.2, 0) is 11.2 Å². The van der Waals surface area contributed by atoms with Crippen LogP contribution < -0.4 is 4.74 Å². The second kappa shape index (κ2) is 7.00. The van der Waals surface area contributed by atoms with Crippen molar-refractivity contribution in [3.05, 3.63) is 62.9 Å². The van der Waals surface area contributed by atoms with E-state index in [9.17, 15) is 9.59 Å². The van der Waals surface area contributed by atoms with E-state index in [0.717, 1.165) is 25.7 Å². The molecule has 0 aliphatic heterocycles. The molecule has 0 unspecified atom stereocenters. The normalized spacial score (nSPS) is 10.9. The van der Waals surface area contributed by atoms with Crippen LogP contribution in [0.25, 0.3) is 10.9 Å². The minimum Gasteiger partial charge on any atom is -0.497 e. The van der Waals surface area contributed by atoms with Gasteiger partial charge in [0.25, 0.3) is 5.91 Å². The van der Waals surface area contributed by atoms with Gasteiger partial charge in [0.05, 0.1) is 12.6 Å². The largest absolute Gasteiger partial charge is 0.497 e. The first-order valence-electron chi connectivity index (χ1n) is 7.90. The molecule has 0 aliphatic rings. The zero-order chi connectivity index (χ0) is 18.1. The van der Waals surface area contributed by atoms with Crippen molar-refractivity contribution in [3.8, 4) is 5.75 Å². The molecule has 5 heteroatoms. The van der Waals surface area contributed by atoms with Crippen LogP contribution in [0, 0.1) is 10.5 Å². The van der Waals surface area contributed by atoms with Crippen molar-refractivity contribution < 1.29 is 14.3 Å². The summed E-state index contributed by atoms with van der Waals surface area (Å²) in [4.78, 5) is 24.8. The lowest BCUT2D eigenvalue weighted by molar-refractivity contribution is -0.116. The van der Waals surface area contributed by atoms with Gasteiger partial charge in [-0.2, -0.15) is 0 Å². The molecule has 1 heterocycles. The lowest BCUT2D eigenvalue weighted by Crippen LogP contribution is -2.14. The van der Waals surface area contributed by atoms with Crippen molar-refractivity contribution in [2.75, 3.05) is 7.11 Å². The van der Waals surface area contributed by atoms with E-state index in [1.54, 1.807) is 18.6 Å². The molecule has 0 N–H and O–H groups in total. The summed E-state index contributed by atoms with van der Waals surface area (Å²) in [6.07, 6.45) is 0.294. The molecule has 25 heavy (non-hydrogen) atoms. The van der Waals surface area contributed by atoms with Crippen molar-refractivity contribution in [1.29, 1.82) is 0 Å². The molecule has 0 saturated heterocycles. The van der Waals surface area contributed by atoms with Gasteiger partial charge in [0, 0.05) is 26.6 Å². The van der Waals surface area contributed by atoms with E-state index < -0.39 is 0 Å². The summed E-state index contributed by atoms with van der Waals surface area (Å²) < 4.78 is 8.07. The summed E-state index contributed by atoms with van der Waals surface area (Å²) >= 11 is 2.21. The van der Waals surface area contributed by atoms with Gasteiger partial charge in [0.2, 0.25) is 0 Å². The van der Waals surface area contributed by atoms with Crippen molar-refractivity contribution in [3.63, 3.8) is 0 Å². The van der Waals surface area contributed by atoms with Gasteiger partial charge in [0.1, 0.15) is 11.5 Å². The molecule has 4 nitrogen and oxygen atoms in total. The quantitative estimate of drug-likeness (QED) is 0.558. The molecular formula is C20H18INO3. The average Bonchev–Trinajstić information content (AvgIpc) is 2.86. The molecule has 3 rings (SSSR count). The standard InChI is InChI=1S/C20H18INO3/c1-12(23)10-17-13(2)22(19-9-8-16(25-3)11-18(17)19)20(24)14-4-6-15(21)7-5-14/h4-9,11H,10H2,1-3H3. The van der Waals surface area contributed by atoms with E-state index >= 15 is 0 Å². The van der Waals surface area contributed by atoms with Gasteiger partial charge in [-0.3, -0.25) is 14.2 Å². The Hall–Kier alpha value is -2.15. The van der Waals surface area contributed by atoms with Crippen LogP contribution in [-0.4, -0.2) is 23.4 Å². The van der Waals surface area contributed by atoms with Crippen molar-refractivity contribution in [1.82, 2.24) is 4.57 Å². The molecule has 1 aromatic heterocycles. The molecule has 0 spiro atoms. The van der Waals surface area contributed by atoms with Crippen LogP contribution in [0.4, 0.5) is 0 Å². The van der Waals surface area contributed by atoms with Crippen LogP contribution in [0.1, 0.15) is 28.5 Å². The van der Waals surface area contributed by atoms with Crippen LogP contribution in [0.15, 0.2) is 42.5 Å². The monoisotopic (exact) mass is 447 g/mol. The molecule has 0 atom stereocenters. The van der Waals surface area contributed by atoms with Crippen LogP contribution in [0.2, 0.25) is 0 Å². The summed E-state index contributed by atoms with van der Waals surface area (Å²) in [5.74, 6) is 0.668.